The molecular formula is C24H27FN2O3. The summed E-state index contributed by atoms with van der Waals surface area (Å²) in [5, 5.41) is 2.92. The first-order chi connectivity index (χ1) is 14.5. The SMILES string of the molecule is C[C@@H]1CCC[C@@]2(C1)OC[C@H](C(=O)NCc1ccccc1)N2C(=O)c1ccccc1F. The maximum absolute atomic E-state index is 14.4. The van der Waals surface area contributed by atoms with E-state index in [-0.39, 0.29) is 18.1 Å². The molecule has 158 valence electrons. The average Bonchev–Trinajstić information content (AvgIpc) is 3.10. The number of hydrogen-bond donors (Lipinski definition) is 1. The number of amides is 2. The zero-order chi connectivity index (χ0) is 21.1. The summed E-state index contributed by atoms with van der Waals surface area (Å²) in [6.45, 7) is 2.60. The van der Waals surface area contributed by atoms with Gasteiger partial charge in [0.05, 0.1) is 12.2 Å². The van der Waals surface area contributed by atoms with Gasteiger partial charge in [-0.25, -0.2) is 4.39 Å². The minimum atomic E-state index is -0.855. The lowest BCUT2D eigenvalue weighted by atomic mass is 9.83. The summed E-state index contributed by atoms with van der Waals surface area (Å²) in [5.41, 5.74) is 0.0883. The van der Waals surface area contributed by atoms with Crippen LogP contribution in [0.4, 0.5) is 4.39 Å². The van der Waals surface area contributed by atoms with Crippen molar-refractivity contribution in [2.45, 2.75) is 50.9 Å². The molecule has 0 bridgehead atoms. The van der Waals surface area contributed by atoms with Crippen molar-refractivity contribution in [3.05, 3.63) is 71.5 Å². The van der Waals surface area contributed by atoms with Gasteiger partial charge in [-0.05, 0) is 42.9 Å². The summed E-state index contributed by atoms with van der Waals surface area (Å²) in [7, 11) is 0. The highest BCUT2D eigenvalue weighted by atomic mass is 19.1. The number of rotatable bonds is 4. The smallest absolute Gasteiger partial charge is 0.259 e. The zero-order valence-electron chi connectivity index (χ0n) is 17.1. The highest BCUT2D eigenvalue weighted by Gasteiger charge is 2.54. The number of hydrogen-bond acceptors (Lipinski definition) is 3. The van der Waals surface area contributed by atoms with Crippen molar-refractivity contribution in [3.8, 4) is 0 Å². The summed E-state index contributed by atoms with van der Waals surface area (Å²) in [4.78, 5) is 28.1. The monoisotopic (exact) mass is 410 g/mol. The van der Waals surface area contributed by atoms with Crippen molar-refractivity contribution in [2.24, 2.45) is 5.92 Å². The molecule has 1 heterocycles. The quantitative estimate of drug-likeness (QED) is 0.832. The van der Waals surface area contributed by atoms with Gasteiger partial charge in [-0.2, -0.15) is 0 Å². The topological polar surface area (TPSA) is 58.6 Å². The summed E-state index contributed by atoms with van der Waals surface area (Å²) in [6.07, 6.45) is 3.26. The maximum atomic E-state index is 14.4. The third-order valence-electron chi connectivity index (χ3n) is 6.13. The van der Waals surface area contributed by atoms with Gasteiger partial charge in [0, 0.05) is 6.54 Å². The summed E-state index contributed by atoms with van der Waals surface area (Å²) >= 11 is 0. The third-order valence-corrected chi connectivity index (χ3v) is 6.13. The summed E-state index contributed by atoms with van der Waals surface area (Å²) < 4.78 is 20.6. The lowest BCUT2D eigenvalue weighted by Gasteiger charge is -2.43. The Morgan fingerprint density at radius 3 is 2.63 bits per heavy atom. The molecule has 2 aliphatic rings. The molecule has 2 aromatic rings. The minimum absolute atomic E-state index is 0.0264. The molecular weight excluding hydrogens is 383 g/mol. The van der Waals surface area contributed by atoms with E-state index in [1.165, 1.54) is 17.0 Å². The predicted octanol–water partition coefficient (Wildman–Crippen LogP) is 3.89. The Hall–Kier alpha value is -2.73. The molecule has 1 saturated heterocycles. The Bertz CT molecular complexity index is 920. The van der Waals surface area contributed by atoms with E-state index >= 15 is 0 Å². The molecule has 0 aromatic heterocycles. The van der Waals surface area contributed by atoms with Crippen molar-refractivity contribution >= 4 is 11.8 Å². The summed E-state index contributed by atoms with van der Waals surface area (Å²) in [5.74, 6) is -0.990. The molecule has 5 nitrogen and oxygen atoms in total. The number of nitrogens with zero attached hydrogens (tertiary/aromatic N) is 1. The molecule has 30 heavy (non-hydrogen) atoms. The Morgan fingerprint density at radius 1 is 1.17 bits per heavy atom. The average molecular weight is 410 g/mol. The number of carbonyl (C=O) groups is 2. The van der Waals surface area contributed by atoms with E-state index in [4.69, 9.17) is 4.74 Å². The second-order valence-electron chi connectivity index (χ2n) is 8.33. The van der Waals surface area contributed by atoms with Gasteiger partial charge in [-0.3, -0.25) is 14.5 Å². The van der Waals surface area contributed by atoms with Crippen molar-refractivity contribution in [3.63, 3.8) is 0 Å². The number of benzene rings is 2. The van der Waals surface area contributed by atoms with Crippen molar-refractivity contribution in [1.82, 2.24) is 10.2 Å². The van der Waals surface area contributed by atoms with Gasteiger partial charge < -0.3 is 10.1 Å². The van der Waals surface area contributed by atoms with E-state index < -0.39 is 23.5 Å². The van der Waals surface area contributed by atoms with Crippen molar-refractivity contribution in [2.75, 3.05) is 6.61 Å². The standard InChI is InChI=1S/C24H27FN2O3/c1-17-8-7-13-24(14-17)27(23(29)19-11-5-6-12-20(19)25)21(16-30-24)22(28)26-15-18-9-3-2-4-10-18/h2-6,9-12,17,21H,7-8,13-16H2,1H3,(H,26,28)/t17-,21-,24+/m1/s1. The van der Waals surface area contributed by atoms with E-state index in [1.807, 2.05) is 30.3 Å². The van der Waals surface area contributed by atoms with Gasteiger partial charge in [-0.15, -0.1) is 0 Å². The highest BCUT2D eigenvalue weighted by Crippen LogP contribution is 2.43. The molecule has 6 heteroatoms. The van der Waals surface area contributed by atoms with Crippen LogP contribution in [0.15, 0.2) is 54.6 Å². The molecule has 2 aromatic carbocycles. The van der Waals surface area contributed by atoms with Gasteiger partial charge in [0.25, 0.3) is 5.91 Å². The second kappa shape index (κ2) is 8.56. The fraction of sp³-hybridized carbons (Fsp3) is 0.417. The van der Waals surface area contributed by atoms with E-state index in [0.717, 1.165) is 18.4 Å². The van der Waals surface area contributed by atoms with Gasteiger partial charge in [0.2, 0.25) is 5.91 Å². The van der Waals surface area contributed by atoms with E-state index in [1.54, 1.807) is 12.1 Å². The first-order valence-corrected chi connectivity index (χ1v) is 10.5. The van der Waals surface area contributed by atoms with Crippen molar-refractivity contribution in [1.29, 1.82) is 0 Å². The molecule has 2 amide bonds. The van der Waals surface area contributed by atoms with Crippen LogP contribution >= 0.6 is 0 Å². The van der Waals surface area contributed by atoms with E-state index in [2.05, 4.69) is 12.2 Å². The largest absolute Gasteiger partial charge is 0.353 e. The molecule has 1 spiro atoms. The van der Waals surface area contributed by atoms with Gasteiger partial charge in [0.1, 0.15) is 17.6 Å². The molecule has 1 aliphatic heterocycles. The van der Waals surface area contributed by atoms with Gasteiger partial charge in [0.15, 0.2) is 0 Å². The van der Waals surface area contributed by atoms with Crippen LogP contribution in [0.5, 0.6) is 0 Å². The predicted molar refractivity (Wildman–Crippen MR) is 111 cm³/mol. The van der Waals surface area contributed by atoms with Crippen LogP contribution in [0, 0.1) is 11.7 Å². The van der Waals surface area contributed by atoms with Crippen molar-refractivity contribution < 1.29 is 18.7 Å². The molecule has 4 rings (SSSR count). The molecule has 1 N–H and O–H groups in total. The van der Waals surface area contributed by atoms with E-state index in [0.29, 0.717) is 25.3 Å². The van der Waals surface area contributed by atoms with Crippen LogP contribution in [-0.2, 0) is 16.1 Å². The number of ether oxygens (including phenoxy) is 1. The second-order valence-corrected chi connectivity index (χ2v) is 8.33. The normalized spacial score (nSPS) is 26.0. The maximum Gasteiger partial charge on any atom is 0.259 e. The fourth-order valence-corrected chi connectivity index (χ4v) is 4.67. The summed E-state index contributed by atoms with van der Waals surface area (Å²) in [6, 6.07) is 14.7. The minimum Gasteiger partial charge on any atom is -0.353 e. The lowest BCUT2D eigenvalue weighted by molar-refractivity contribution is -0.128. The van der Waals surface area contributed by atoms with Gasteiger partial charge in [-0.1, -0.05) is 55.8 Å². The Morgan fingerprint density at radius 2 is 1.90 bits per heavy atom. The van der Waals surface area contributed by atoms with Crippen LogP contribution in [0.1, 0.15) is 48.5 Å². The van der Waals surface area contributed by atoms with Crippen LogP contribution in [-0.4, -0.2) is 35.1 Å². The molecule has 0 unspecified atom stereocenters. The lowest BCUT2D eigenvalue weighted by Crippen LogP contribution is -2.57. The Labute approximate surface area is 176 Å². The molecule has 0 radical (unpaired) electrons. The highest BCUT2D eigenvalue weighted by molar-refractivity contribution is 5.98. The van der Waals surface area contributed by atoms with Crippen LogP contribution in [0.25, 0.3) is 0 Å². The third kappa shape index (κ3) is 3.97. The van der Waals surface area contributed by atoms with Crippen LogP contribution in [0.2, 0.25) is 0 Å². The number of nitrogens with one attached hydrogen (secondary N) is 1. The van der Waals surface area contributed by atoms with Gasteiger partial charge >= 0.3 is 0 Å². The molecule has 2 fully saturated rings. The number of halogens is 1. The first-order valence-electron chi connectivity index (χ1n) is 10.5. The van der Waals surface area contributed by atoms with Crippen LogP contribution < -0.4 is 5.32 Å². The Balaban J connectivity index is 1.61. The fourth-order valence-electron chi connectivity index (χ4n) is 4.67. The molecule has 3 atom stereocenters. The molecule has 1 saturated carbocycles. The zero-order valence-corrected chi connectivity index (χ0v) is 17.1. The first kappa shape index (κ1) is 20.5. The van der Waals surface area contributed by atoms with Crippen LogP contribution in [0.3, 0.4) is 0 Å². The molecule has 1 aliphatic carbocycles. The Kier molecular flexibility index (Phi) is 5.86. The van der Waals surface area contributed by atoms with E-state index in [9.17, 15) is 14.0 Å². The number of carbonyl (C=O) groups excluding carboxylic acids is 2.